The van der Waals surface area contributed by atoms with E-state index in [2.05, 4.69) is 16.9 Å². The average molecular weight is 114 g/mol. The van der Waals surface area contributed by atoms with Gasteiger partial charge in [0.15, 0.2) is 0 Å². The predicted molar refractivity (Wildman–Crippen MR) is 34.7 cm³/mol. The van der Waals surface area contributed by atoms with Gasteiger partial charge in [0.25, 0.3) is 0 Å². The van der Waals surface area contributed by atoms with Crippen molar-refractivity contribution in [3.63, 3.8) is 0 Å². The summed E-state index contributed by atoms with van der Waals surface area (Å²) in [6, 6.07) is 0. The summed E-state index contributed by atoms with van der Waals surface area (Å²) in [5.74, 6) is 0. The number of oxime groups is 1. The molecule has 0 aromatic rings. The summed E-state index contributed by atoms with van der Waals surface area (Å²) in [4.78, 5) is 4.44. The predicted octanol–water partition coefficient (Wildman–Crippen LogP) is 1.62. The van der Waals surface area contributed by atoms with Crippen molar-refractivity contribution in [1.29, 1.82) is 0 Å². The second kappa shape index (κ2) is 6.47. The highest BCUT2D eigenvalue weighted by molar-refractivity contribution is 5.55. The highest BCUT2D eigenvalue weighted by Crippen LogP contribution is 1.88. The topological polar surface area (TPSA) is 21.6 Å². The summed E-state index contributed by atoms with van der Waals surface area (Å²) in [6.45, 7) is 3.68. The standard InChI is InChI=1S/C6H12NO/c1-3-4-5-6-7-8-2/h6H,1,3-5H2,2H3/b7-6+. The molecule has 0 aliphatic heterocycles. The lowest BCUT2D eigenvalue weighted by Gasteiger charge is -1.85. The number of unbranched alkanes of at least 4 members (excludes halogenated alkanes) is 2. The van der Waals surface area contributed by atoms with Crippen LogP contribution in [0.2, 0.25) is 0 Å². The molecule has 2 heteroatoms. The van der Waals surface area contributed by atoms with E-state index in [1.165, 1.54) is 0 Å². The second-order valence-electron chi connectivity index (χ2n) is 1.47. The van der Waals surface area contributed by atoms with E-state index in [-0.39, 0.29) is 0 Å². The van der Waals surface area contributed by atoms with E-state index in [4.69, 9.17) is 0 Å². The maximum atomic E-state index is 4.44. The largest absolute Gasteiger partial charge is 0.399 e. The maximum absolute atomic E-state index is 4.44. The molecule has 8 heavy (non-hydrogen) atoms. The van der Waals surface area contributed by atoms with Gasteiger partial charge in [-0.3, -0.25) is 0 Å². The Morgan fingerprint density at radius 3 is 3.00 bits per heavy atom. The highest BCUT2D eigenvalue weighted by atomic mass is 16.6. The zero-order chi connectivity index (χ0) is 6.24. The molecule has 0 saturated heterocycles. The molecule has 0 rings (SSSR count). The normalized spacial score (nSPS) is 10.2. The number of hydrogen-bond acceptors (Lipinski definition) is 2. The van der Waals surface area contributed by atoms with E-state index >= 15 is 0 Å². The summed E-state index contributed by atoms with van der Waals surface area (Å²) in [5, 5.41) is 3.56. The van der Waals surface area contributed by atoms with Crippen molar-refractivity contribution in [2.45, 2.75) is 19.3 Å². The average Bonchev–Trinajstić information content (AvgIpc) is 1.81. The summed E-state index contributed by atoms with van der Waals surface area (Å²) >= 11 is 0. The molecule has 47 valence electrons. The van der Waals surface area contributed by atoms with Crippen molar-refractivity contribution in [1.82, 2.24) is 0 Å². The van der Waals surface area contributed by atoms with Crippen molar-refractivity contribution < 1.29 is 4.84 Å². The summed E-state index contributed by atoms with van der Waals surface area (Å²) in [6.07, 6.45) is 4.78. The van der Waals surface area contributed by atoms with Crippen LogP contribution in [0.3, 0.4) is 0 Å². The van der Waals surface area contributed by atoms with Crippen molar-refractivity contribution in [2.24, 2.45) is 5.16 Å². The lowest BCUT2D eigenvalue weighted by Crippen LogP contribution is -1.75. The molecule has 0 amide bonds. The first kappa shape index (κ1) is 7.47. The number of hydrogen-bond donors (Lipinski definition) is 0. The lowest BCUT2D eigenvalue weighted by atomic mass is 10.3. The first-order chi connectivity index (χ1) is 3.91. The van der Waals surface area contributed by atoms with Crippen molar-refractivity contribution in [2.75, 3.05) is 7.11 Å². The van der Waals surface area contributed by atoms with Gasteiger partial charge in [0.1, 0.15) is 7.11 Å². The fourth-order valence-corrected chi connectivity index (χ4v) is 0.363. The molecule has 0 heterocycles. The molecule has 0 aliphatic carbocycles. The van der Waals surface area contributed by atoms with Crippen LogP contribution in [0.5, 0.6) is 0 Å². The Hall–Kier alpha value is -0.530. The zero-order valence-corrected chi connectivity index (χ0v) is 5.26. The molecule has 0 saturated carbocycles. The third-order valence-electron chi connectivity index (χ3n) is 0.763. The molecular formula is C6H12NO. The summed E-state index contributed by atoms with van der Waals surface area (Å²) < 4.78 is 0. The fraction of sp³-hybridized carbons (Fsp3) is 0.667. The number of rotatable bonds is 4. The van der Waals surface area contributed by atoms with E-state index in [9.17, 15) is 0 Å². The third kappa shape index (κ3) is 5.47. The maximum Gasteiger partial charge on any atom is 0.106 e. The van der Waals surface area contributed by atoms with Gasteiger partial charge in [-0.15, -0.1) is 0 Å². The number of nitrogens with zero attached hydrogens (tertiary/aromatic N) is 1. The molecule has 1 radical (unpaired) electrons. The zero-order valence-electron chi connectivity index (χ0n) is 5.26. The Bertz CT molecular complexity index is 61.5. The second-order valence-corrected chi connectivity index (χ2v) is 1.47. The van der Waals surface area contributed by atoms with Crippen LogP contribution in [0.1, 0.15) is 19.3 Å². The molecular weight excluding hydrogens is 102 g/mol. The van der Waals surface area contributed by atoms with Gasteiger partial charge in [0.05, 0.1) is 0 Å². The lowest BCUT2D eigenvalue weighted by molar-refractivity contribution is 0.214. The molecule has 0 bridgehead atoms. The fourth-order valence-electron chi connectivity index (χ4n) is 0.363. The van der Waals surface area contributed by atoms with Gasteiger partial charge in [-0.05, 0) is 12.8 Å². The van der Waals surface area contributed by atoms with Gasteiger partial charge < -0.3 is 4.84 Å². The van der Waals surface area contributed by atoms with E-state index in [1.807, 2.05) is 0 Å². The Kier molecular flexibility index (Phi) is 6.04. The van der Waals surface area contributed by atoms with Crippen molar-refractivity contribution in [3.8, 4) is 0 Å². The van der Waals surface area contributed by atoms with Crippen molar-refractivity contribution in [3.05, 3.63) is 6.92 Å². The van der Waals surface area contributed by atoms with Gasteiger partial charge in [-0.1, -0.05) is 18.5 Å². The minimum atomic E-state index is 0.968. The molecule has 0 aliphatic rings. The quantitative estimate of drug-likeness (QED) is 0.309. The van der Waals surface area contributed by atoms with E-state index < -0.39 is 0 Å². The van der Waals surface area contributed by atoms with E-state index in [1.54, 1.807) is 13.3 Å². The first-order valence-electron chi connectivity index (χ1n) is 2.76. The van der Waals surface area contributed by atoms with E-state index in [0.717, 1.165) is 19.3 Å². The van der Waals surface area contributed by atoms with Crippen LogP contribution in [-0.4, -0.2) is 13.3 Å². The molecule has 0 fully saturated rings. The van der Waals surface area contributed by atoms with Crippen LogP contribution in [0.25, 0.3) is 0 Å². The Morgan fingerprint density at radius 2 is 2.50 bits per heavy atom. The van der Waals surface area contributed by atoms with Crippen LogP contribution in [0.4, 0.5) is 0 Å². The SMILES string of the molecule is [CH2]CCC/C=N/OC. The Labute approximate surface area is 50.5 Å². The van der Waals surface area contributed by atoms with Crippen LogP contribution < -0.4 is 0 Å². The Balaban J connectivity index is 2.80. The van der Waals surface area contributed by atoms with Gasteiger partial charge in [0, 0.05) is 6.21 Å². The van der Waals surface area contributed by atoms with Crippen LogP contribution in [-0.2, 0) is 4.84 Å². The summed E-state index contributed by atoms with van der Waals surface area (Å²) in [7, 11) is 1.54. The first-order valence-corrected chi connectivity index (χ1v) is 2.76. The van der Waals surface area contributed by atoms with Crippen LogP contribution >= 0.6 is 0 Å². The Morgan fingerprint density at radius 1 is 1.75 bits per heavy atom. The van der Waals surface area contributed by atoms with Crippen LogP contribution in [0, 0.1) is 6.92 Å². The van der Waals surface area contributed by atoms with Gasteiger partial charge >= 0.3 is 0 Å². The molecule has 0 spiro atoms. The molecule has 0 aromatic carbocycles. The van der Waals surface area contributed by atoms with Crippen LogP contribution in [0.15, 0.2) is 5.16 Å². The molecule has 0 atom stereocenters. The van der Waals surface area contributed by atoms with Crippen molar-refractivity contribution >= 4 is 6.21 Å². The molecule has 0 aromatic heterocycles. The van der Waals surface area contributed by atoms with Gasteiger partial charge in [0.2, 0.25) is 0 Å². The van der Waals surface area contributed by atoms with Gasteiger partial charge in [-0.2, -0.15) is 0 Å². The molecule has 2 nitrogen and oxygen atoms in total. The third-order valence-corrected chi connectivity index (χ3v) is 0.763. The molecule has 0 N–H and O–H groups in total. The molecule has 0 unspecified atom stereocenters. The summed E-state index contributed by atoms with van der Waals surface area (Å²) in [5.41, 5.74) is 0. The smallest absolute Gasteiger partial charge is 0.106 e. The monoisotopic (exact) mass is 114 g/mol. The highest BCUT2D eigenvalue weighted by Gasteiger charge is 1.76. The van der Waals surface area contributed by atoms with E-state index in [0.29, 0.717) is 0 Å². The minimum Gasteiger partial charge on any atom is -0.399 e. The minimum absolute atomic E-state index is 0.968. The van der Waals surface area contributed by atoms with Gasteiger partial charge in [-0.25, -0.2) is 0 Å².